The molecule has 1 atom stereocenters. The zero-order chi connectivity index (χ0) is 14.6. The van der Waals surface area contributed by atoms with Crippen LogP contribution >= 0.6 is 11.3 Å². The molecule has 0 aliphatic heterocycles. The molecule has 1 nitrogen and oxygen atoms in total. The molecule has 1 unspecified atom stereocenters. The van der Waals surface area contributed by atoms with Gasteiger partial charge in [0.2, 0.25) is 0 Å². The van der Waals surface area contributed by atoms with Crippen molar-refractivity contribution in [3.05, 3.63) is 21.9 Å². The third kappa shape index (κ3) is 7.44. The van der Waals surface area contributed by atoms with Gasteiger partial charge in [-0.15, -0.1) is 11.3 Å². The standard InChI is InChI=1S/C18H33NS/c1-3-4-5-6-7-8-9-10-11-12-13-17(19)18-16(2)14-15-20-18/h14-15,17H,3-13,19H2,1-2H3. The maximum Gasteiger partial charge on any atom is 0.0392 e. The van der Waals surface area contributed by atoms with Crippen LogP contribution < -0.4 is 5.73 Å². The molecule has 0 aliphatic rings. The molecule has 1 aromatic heterocycles. The van der Waals surface area contributed by atoms with Crippen LogP contribution in [0.25, 0.3) is 0 Å². The summed E-state index contributed by atoms with van der Waals surface area (Å²) in [4.78, 5) is 1.39. The molecular weight excluding hydrogens is 262 g/mol. The van der Waals surface area contributed by atoms with E-state index in [1.807, 2.05) is 11.3 Å². The zero-order valence-corrected chi connectivity index (χ0v) is 14.3. The van der Waals surface area contributed by atoms with Crippen LogP contribution in [0.3, 0.4) is 0 Å². The molecule has 116 valence electrons. The van der Waals surface area contributed by atoms with Crippen LogP contribution in [0.4, 0.5) is 0 Å². The minimum Gasteiger partial charge on any atom is -0.323 e. The normalized spacial score (nSPS) is 12.8. The summed E-state index contributed by atoms with van der Waals surface area (Å²) in [7, 11) is 0. The van der Waals surface area contributed by atoms with E-state index >= 15 is 0 Å². The van der Waals surface area contributed by atoms with Gasteiger partial charge in [-0.05, 0) is 30.4 Å². The summed E-state index contributed by atoms with van der Waals surface area (Å²) in [5.41, 5.74) is 7.63. The predicted molar refractivity (Wildman–Crippen MR) is 92.4 cm³/mol. The highest BCUT2D eigenvalue weighted by molar-refractivity contribution is 7.10. The van der Waals surface area contributed by atoms with E-state index in [4.69, 9.17) is 5.73 Å². The fourth-order valence-electron chi connectivity index (χ4n) is 2.75. The first kappa shape index (κ1) is 17.7. The van der Waals surface area contributed by atoms with Gasteiger partial charge in [0, 0.05) is 10.9 Å². The monoisotopic (exact) mass is 295 g/mol. The van der Waals surface area contributed by atoms with E-state index in [0.29, 0.717) is 0 Å². The summed E-state index contributed by atoms with van der Waals surface area (Å²) in [6.45, 7) is 4.45. The third-order valence-electron chi connectivity index (χ3n) is 4.11. The van der Waals surface area contributed by atoms with Crippen molar-refractivity contribution in [1.29, 1.82) is 0 Å². The Hall–Kier alpha value is -0.340. The Morgan fingerprint density at radius 3 is 2.00 bits per heavy atom. The Labute approximate surface area is 130 Å². The first-order valence-corrected chi connectivity index (χ1v) is 9.43. The highest BCUT2D eigenvalue weighted by Gasteiger charge is 2.09. The molecule has 1 aromatic rings. The number of unbranched alkanes of at least 4 members (excludes halogenated alkanes) is 9. The van der Waals surface area contributed by atoms with Crippen LogP contribution in [0.2, 0.25) is 0 Å². The molecular formula is C18H33NS. The van der Waals surface area contributed by atoms with E-state index in [-0.39, 0.29) is 6.04 Å². The quantitative estimate of drug-likeness (QED) is 0.446. The molecule has 0 saturated heterocycles. The Bertz CT molecular complexity index is 332. The number of hydrogen-bond acceptors (Lipinski definition) is 2. The van der Waals surface area contributed by atoms with Crippen LogP contribution in [-0.2, 0) is 0 Å². The van der Waals surface area contributed by atoms with Crippen molar-refractivity contribution in [2.45, 2.75) is 90.5 Å². The summed E-state index contributed by atoms with van der Waals surface area (Å²) in [6.07, 6.45) is 15.1. The second-order valence-corrected chi connectivity index (χ2v) is 6.99. The van der Waals surface area contributed by atoms with E-state index < -0.39 is 0 Å². The topological polar surface area (TPSA) is 26.0 Å². The van der Waals surface area contributed by atoms with E-state index in [1.54, 1.807) is 0 Å². The minimum atomic E-state index is 0.268. The lowest BCUT2D eigenvalue weighted by Crippen LogP contribution is -2.09. The smallest absolute Gasteiger partial charge is 0.0392 e. The van der Waals surface area contributed by atoms with Gasteiger partial charge in [-0.3, -0.25) is 0 Å². The van der Waals surface area contributed by atoms with Gasteiger partial charge in [-0.2, -0.15) is 0 Å². The lowest BCUT2D eigenvalue weighted by Gasteiger charge is -2.10. The van der Waals surface area contributed by atoms with Gasteiger partial charge in [0.25, 0.3) is 0 Å². The minimum absolute atomic E-state index is 0.268. The second kappa shape index (κ2) is 11.3. The predicted octanol–water partition coefficient (Wildman–Crippen LogP) is 6.37. The molecule has 1 rings (SSSR count). The van der Waals surface area contributed by atoms with Gasteiger partial charge in [-0.25, -0.2) is 0 Å². The highest BCUT2D eigenvalue weighted by Crippen LogP contribution is 2.26. The number of hydrogen-bond donors (Lipinski definition) is 1. The SMILES string of the molecule is CCCCCCCCCCCCC(N)c1sccc1C. The molecule has 0 fully saturated rings. The molecule has 0 amide bonds. The molecule has 0 radical (unpaired) electrons. The first-order chi connectivity index (χ1) is 9.75. The van der Waals surface area contributed by atoms with Gasteiger partial charge in [0.1, 0.15) is 0 Å². The van der Waals surface area contributed by atoms with Crippen molar-refractivity contribution in [2.75, 3.05) is 0 Å². The maximum absolute atomic E-state index is 6.26. The van der Waals surface area contributed by atoms with Crippen LogP contribution in [0, 0.1) is 6.92 Å². The summed E-state index contributed by atoms with van der Waals surface area (Å²) in [5.74, 6) is 0. The average Bonchev–Trinajstić information content (AvgIpc) is 2.87. The fraction of sp³-hybridized carbons (Fsp3) is 0.778. The van der Waals surface area contributed by atoms with Gasteiger partial charge >= 0.3 is 0 Å². The maximum atomic E-state index is 6.26. The van der Waals surface area contributed by atoms with E-state index in [9.17, 15) is 0 Å². The van der Waals surface area contributed by atoms with Gasteiger partial charge < -0.3 is 5.73 Å². The highest BCUT2D eigenvalue weighted by atomic mass is 32.1. The van der Waals surface area contributed by atoms with Crippen molar-refractivity contribution in [2.24, 2.45) is 5.73 Å². The Kier molecular flexibility index (Phi) is 10.0. The molecule has 0 aromatic carbocycles. The molecule has 2 heteroatoms. The van der Waals surface area contributed by atoms with Crippen molar-refractivity contribution >= 4 is 11.3 Å². The van der Waals surface area contributed by atoms with Crippen molar-refractivity contribution in [3.8, 4) is 0 Å². The zero-order valence-electron chi connectivity index (χ0n) is 13.5. The molecule has 2 N–H and O–H groups in total. The lowest BCUT2D eigenvalue weighted by atomic mass is 10.0. The van der Waals surface area contributed by atoms with Gasteiger partial charge in [0.05, 0.1) is 0 Å². The molecule has 20 heavy (non-hydrogen) atoms. The third-order valence-corrected chi connectivity index (χ3v) is 5.26. The van der Waals surface area contributed by atoms with E-state index in [0.717, 1.165) is 6.42 Å². The average molecular weight is 296 g/mol. The van der Waals surface area contributed by atoms with Crippen molar-refractivity contribution in [1.82, 2.24) is 0 Å². The second-order valence-electron chi connectivity index (χ2n) is 6.05. The summed E-state index contributed by atoms with van der Waals surface area (Å²) < 4.78 is 0. The summed E-state index contributed by atoms with van der Waals surface area (Å²) in [6, 6.07) is 2.45. The van der Waals surface area contributed by atoms with Crippen molar-refractivity contribution < 1.29 is 0 Å². The Morgan fingerprint density at radius 2 is 1.50 bits per heavy atom. The van der Waals surface area contributed by atoms with Crippen molar-refractivity contribution in [3.63, 3.8) is 0 Å². The van der Waals surface area contributed by atoms with Crippen LogP contribution in [0.1, 0.15) is 94.0 Å². The number of rotatable bonds is 12. The number of nitrogens with two attached hydrogens (primary N) is 1. The summed E-state index contributed by atoms with van der Waals surface area (Å²) in [5, 5.41) is 2.16. The fourth-order valence-corrected chi connectivity index (χ4v) is 3.71. The number of aryl methyl sites for hydroxylation is 1. The molecule has 0 aliphatic carbocycles. The number of thiophene rings is 1. The van der Waals surface area contributed by atoms with E-state index in [2.05, 4.69) is 25.3 Å². The largest absolute Gasteiger partial charge is 0.323 e. The van der Waals surface area contributed by atoms with E-state index in [1.165, 1.54) is 74.6 Å². The van der Waals surface area contributed by atoms with Gasteiger partial charge in [-0.1, -0.05) is 71.1 Å². The van der Waals surface area contributed by atoms with Crippen LogP contribution in [0.15, 0.2) is 11.4 Å². The molecule has 0 spiro atoms. The summed E-state index contributed by atoms with van der Waals surface area (Å²) >= 11 is 1.81. The molecule has 1 heterocycles. The Morgan fingerprint density at radius 1 is 0.950 bits per heavy atom. The van der Waals surface area contributed by atoms with Crippen LogP contribution in [-0.4, -0.2) is 0 Å². The molecule has 0 saturated carbocycles. The lowest BCUT2D eigenvalue weighted by molar-refractivity contribution is 0.531. The first-order valence-electron chi connectivity index (χ1n) is 8.55. The molecule has 0 bridgehead atoms. The van der Waals surface area contributed by atoms with Gasteiger partial charge in [0.15, 0.2) is 0 Å². The Balaban J connectivity index is 1.91. The van der Waals surface area contributed by atoms with Crippen LogP contribution in [0.5, 0.6) is 0 Å².